The number of likely N-dealkylation sites (tertiary alicyclic amines) is 1. The number of halogens is 4. The summed E-state index contributed by atoms with van der Waals surface area (Å²) in [5.74, 6) is -4.13. The summed E-state index contributed by atoms with van der Waals surface area (Å²) in [6.07, 6.45) is 0.705. The summed E-state index contributed by atoms with van der Waals surface area (Å²) in [4.78, 5) is 23.0. The summed E-state index contributed by atoms with van der Waals surface area (Å²) in [6, 6.07) is 8.79. The van der Waals surface area contributed by atoms with Crippen LogP contribution in [-0.2, 0) is 16.8 Å². The molecule has 3 fully saturated rings. The first-order valence-electron chi connectivity index (χ1n) is 11.2. The number of carboxylic acids is 1. The van der Waals surface area contributed by atoms with Crippen LogP contribution in [0, 0.1) is 17.7 Å². The number of aromatic nitrogens is 2. The van der Waals surface area contributed by atoms with E-state index in [0.717, 1.165) is 17.7 Å². The molecule has 3 aliphatic rings. The lowest BCUT2D eigenvalue weighted by molar-refractivity contribution is -0.147. The van der Waals surface area contributed by atoms with Gasteiger partial charge in [-0.25, -0.2) is 23.1 Å². The van der Waals surface area contributed by atoms with Crippen LogP contribution in [0.5, 0.6) is 0 Å². The Balaban J connectivity index is 1.22. The highest BCUT2D eigenvalue weighted by atomic mass is 127. The fourth-order valence-electron chi connectivity index (χ4n) is 5.29. The molecule has 1 saturated heterocycles. The maximum atomic E-state index is 15.0. The van der Waals surface area contributed by atoms with Crippen LogP contribution in [0.3, 0.4) is 0 Å². The van der Waals surface area contributed by atoms with Crippen molar-refractivity contribution in [3.8, 4) is 10.6 Å². The zero-order valence-corrected chi connectivity index (χ0v) is 21.0. The van der Waals surface area contributed by atoms with Crippen molar-refractivity contribution in [3.63, 3.8) is 0 Å². The van der Waals surface area contributed by atoms with Gasteiger partial charge in [0.05, 0.1) is 5.92 Å². The first kappa shape index (κ1) is 22.7. The highest BCUT2D eigenvalue weighted by Gasteiger charge is 2.66. The van der Waals surface area contributed by atoms with E-state index in [1.165, 1.54) is 17.4 Å². The number of nitrogens with zero attached hydrogens (tertiary/aromatic N) is 3. The lowest BCUT2D eigenvalue weighted by Gasteiger charge is -2.40. The highest BCUT2D eigenvalue weighted by molar-refractivity contribution is 14.1. The summed E-state index contributed by atoms with van der Waals surface area (Å²) in [6.45, 7) is 1.46. The molecule has 5 nitrogen and oxygen atoms in total. The fraction of sp³-hybridized carbons (Fsp3) is 0.458. The third-order valence-corrected chi connectivity index (χ3v) is 9.99. The molecule has 0 radical (unpaired) electrons. The number of benzene rings is 1. The van der Waals surface area contributed by atoms with E-state index in [9.17, 15) is 18.0 Å². The van der Waals surface area contributed by atoms with Crippen molar-refractivity contribution in [3.05, 3.63) is 47.4 Å². The van der Waals surface area contributed by atoms with Crippen molar-refractivity contribution in [2.45, 2.75) is 41.1 Å². The van der Waals surface area contributed by atoms with E-state index in [1.807, 2.05) is 23.1 Å². The van der Waals surface area contributed by atoms with Crippen molar-refractivity contribution in [2.24, 2.45) is 11.8 Å². The third kappa shape index (κ3) is 3.72. The molecule has 1 aromatic carbocycles. The van der Waals surface area contributed by atoms with Crippen LogP contribution in [0.4, 0.5) is 13.2 Å². The SMILES string of the molecule is O=C(O)C1CN(Cc2ccc(-c3nc4ccc(C5(C6CC(F)(F)C6)CC5I)nc4s3)c(F)c2)C1. The Morgan fingerprint density at radius 2 is 1.91 bits per heavy atom. The van der Waals surface area contributed by atoms with Crippen LogP contribution in [0.1, 0.15) is 30.5 Å². The van der Waals surface area contributed by atoms with Gasteiger partial charge >= 0.3 is 5.97 Å². The Morgan fingerprint density at radius 1 is 1.18 bits per heavy atom. The number of rotatable bonds is 6. The number of thiazole rings is 1. The van der Waals surface area contributed by atoms with Gasteiger partial charge in [-0.05, 0) is 42.2 Å². The monoisotopic (exact) mass is 599 g/mol. The van der Waals surface area contributed by atoms with Gasteiger partial charge in [-0.2, -0.15) is 0 Å². The number of hydrogen-bond donors (Lipinski definition) is 1. The van der Waals surface area contributed by atoms with Crippen LogP contribution in [-0.4, -0.2) is 48.9 Å². The minimum Gasteiger partial charge on any atom is -0.481 e. The zero-order chi connectivity index (χ0) is 23.8. The summed E-state index contributed by atoms with van der Waals surface area (Å²) >= 11 is 3.65. The lowest BCUT2D eigenvalue weighted by atomic mass is 9.69. The predicted molar refractivity (Wildman–Crippen MR) is 131 cm³/mol. The fourth-order valence-corrected chi connectivity index (χ4v) is 7.82. The second-order valence-electron chi connectivity index (χ2n) is 9.76. The summed E-state index contributed by atoms with van der Waals surface area (Å²) in [7, 11) is 0. The van der Waals surface area contributed by atoms with E-state index in [-0.39, 0.29) is 35.9 Å². The zero-order valence-electron chi connectivity index (χ0n) is 18.0. The van der Waals surface area contributed by atoms with Gasteiger partial charge in [0.1, 0.15) is 21.2 Å². The van der Waals surface area contributed by atoms with Crippen LogP contribution in [0.2, 0.25) is 0 Å². The highest BCUT2D eigenvalue weighted by Crippen LogP contribution is 2.65. The van der Waals surface area contributed by atoms with Gasteiger partial charge in [0, 0.05) is 53.1 Å². The molecule has 0 amide bonds. The second-order valence-corrected chi connectivity index (χ2v) is 12.2. The van der Waals surface area contributed by atoms with Crippen LogP contribution in [0.25, 0.3) is 20.9 Å². The summed E-state index contributed by atoms with van der Waals surface area (Å²) in [5.41, 5.74) is 2.41. The number of aliphatic carboxylic acids is 1. The van der Waals surface area contributed by atoms with Crippen molar-refractivity contribution < 1.29 is 23.1 Å². The minimum absolute atomic E-state index is 0.0519. The molecule has 2 atom stereocenters. The molecular formula is C24H21F3IN3O2S. The molecule has 3 heterocycles. The third-order valence-electron chi connectivity index (χ3n) is 7.44. The Kier molecular flexibility index (Phi) is 5.24. The molecule has 34 heavy (non-hydrogen) atoms. The quantitative estimate of drug-likeness (QED) is 0.300. The molecule has 178 valence electrons. The average Bonchev–Trinajstić information content (AvgIpc) is 3.22. The molecule has 2 unspecified atom stereocenters. The molecule has 6 rings (SSSR count). The maximum absolute atomic E-state index is 15.0. The van der Waals surface area contributed by atoms with Crippen LogP contribution < -0.4 is 0 Å². The van der Waals surface area contributed by atoms with E-state index in [2.05, 4.69) is 27.6 Å². The lowest BCUT2D eigenvalue weighted by Crippen LogP contribution is -2.49. The van der Waals surface area contributed by atoms with Crippen molar-refractivity contribution in [1.29, 1.82) is 0 Å². The van der Waals surface area contributed by atoms with Crippen molar-refractivity contribution in [2.75, 3.05) is 13.1 Å². The first-order chi connectivity index (χ1) is 16.1. The molecule has 2 aliphatic carbocycles. The van der Waals surface area contributed by atoms with E-state index < -0.39 is 11.9 Å². The Bertz CT molecular complexity index is 1300. The van der Waals surface area contributed by atoms with Gasteiger partial charge < -0.3 is 5.11 Å². The minimum atomic E-state index is -2.56. The molecule has 1 N–H and O–H groups in total. The van der Waals surface area contributed by atoms with E-state index in [1.54, 1.807) is 6.07 Å². The van der Waals surface area contributed by atoms with Crippen LogP contribution >= 0.6 is 33.9 Å². The number of alkyl halides is 3. The molecular weight excluding hydrogens is 578 g/mol. The van der Waals surface area contributed by atoms with Gasteiger partial charge in [0.15, 0.2) is 0 Å². The molecule has 10 heteroatoms. The second kappa shape index (κ2) is 7.86. The molecule has 2 saturated carbocycles. The van der Waals surface area contributed by atoms with Gasteiger partial charge in [-0.15, -0.1) is 0 Å². The molecule has 0 spiro atoms. The molecule has 0 bridgehead atoms. The number of fused-ring (bicyclic) bond motifs is 1. The Labute approximate surface area is 211 Å². The first-order valence-corrected chi connectivity index (χ1v) is 13.2. The van der Waals surface area contributed by atoms with Gasteiger partial charge in [-0.3, -0.25) is 9.69 Å². The standard InChI is InChI=1S/C24H21F3IN3O2S/c25-16-5-12(9-31-10-13(11-31)22(32)33)1-2-15(16)20-29-17-3-4-19(30-21(17)34-20)24(8-18(24)28)14-6-23(26,27)7-14/h1-5,13-14,18H,6-11H2,(H,32,33). The average molecular weight is 599 g/mol. The van der Waals surface area contributed by atoms with E-state index in [4.69, 9.17) is 10.1 Å². The van der Waals surface area contributed by atoms with E-state index >= 15 is 0 Å². The topological polar surface area (TPSA) is 66.3 Å². The van der Waals surface area contributed by atoms with E-state index in [0.29, 0.717) is 44.5 Å². The smallest absolute Gasteiger partial charge is 0.309 e. The van der Waals surface area contributed by atoms with Gasteiger partial charge in [0.2, 0.25) is 5.92 Å². The number of carboxylic acid groups (broad SMARTS) is 1. The number of carbonyl (C=O) groups is 1. The molecule has 3 aromatic rings. The maximum Gasteiger partial charge on any atom is 0.309 e. The Morgan fingerprint density at radius 3 is 2.53 bits per heavy atom. The van der Waals surface area contributed by atoms with Crippen molar-refractivity contribution >= 4 is 50.2 Å². The predicted octanol–water partition coefficient (Wildman–Crippen LogP) is 5.50. The number of pyridine rings is 1. The summed E-state index contributed by atoms with van der Waals surface area (Å²) in [5, 5.41) is 9.53. The molecule has 1 aliphatic heterocycles. The molecule has 2 aromatic heterocycles. The number of hydrogen-bond acceptors (Lipinski definition) is 5. The Hall–Kier alpha value is -1.79. The largest absolute Gasteiger partial charge is 0.481 e. The van der Waals surface area contributed by atoms with Crippen LogP contribution in [0.15, 0.2) is 30.3 Å². The van der Waals surface area contributed by atoms with Crippen molar-refractivity contribution in [1.82, 2.24) is 14.9 Å². The summed E-state index contributed by atoms with van der Waals surface area (Å²) < 4.78 is 42.4. The normalized spacial score (nSPS) is 26.9. The van der Waals surface area contributed by atoms with Gasteiger partial charge in [0.25, 0.3) is 0 Å². The van der Waals surface area contributed by atoms with Gasteiger partial charge in [-0.1, -0.05) is 40.0 Å².